The van der Waals surface area contributed by atoms with Crippen molar-refractivity contribution >= 4 is 46.4 Å². The van der Waals surface area contributed by atoms with Crippen LogP contribution < -0.4 is 10.2 Å². The normalized spacial score (nSPS) is 14.2. The predicted octanol–water partition coefficient (Wildman–Crippen LogP) is 4.94. The molecule has 0 aromatic heterocycles. The number of hydrogen-bond donors (Lipinski definition) is 1. The molecule has 0 unspecified atom stereocenters. The molecule has 2 aromatic carbocycles. The van der Waals surface area contributed by atoms with Crippen molar-refractivity contribution < 1.29 is 9.59 Å². The minimum atomic E-state index is -0.220. The molecule has 1 N–H and O–H groups in total. The zero-order valence-electron chi connectivity index (χ0n) is 16.6. The summed E-state index contributed by atoms with van der Waals surface area (Å²) in [7, 11) is 0. The third-order valence-electron chi connectivity index (χ3n) is 4.87. The van der Waals surface area contributed by atoms with E-state index in [9.17, 15) is 9.59 Å². The highest BCUT2D eigenvalue weighted by molar-refractivity contribution is 6.33. The molecule has 1 aliphatic heterocycles. The predicted molar refractivity (Wildman–Crippen MR) is 119 cm³/mol. The Labute approximate surface area is 181 Å². The molecule has 0 radical (unpaired) electrons. The smallest absolute Gasteiger partial charge is 0.255 e. The van der Waals surface area contributed by atoms with Gasteiger partial charge in [-0.25, -0.2) is 0 Å². The Morgan fingerprint density at radius 2 is 1.66 bits per heavy atom. The van der Waals surface area contributed by atoms with Gasteiger partial charge in [0.05, 0.1) is 10.7 Å². The van der Waals surface area contributed by atoms with Gasteiger partial charge in [0.25, 0.3) is 5.91 Å². The van der Waals surface area contributed by atoms with Gasteiger partial charge in [0, 0.05) is 48.9 Å². The van der Waals surface area contributed by atoms with Gasteiger partial charge in [-0.15, -0.1) is 0 Å². The summed E-state index contributed by atoms with van der Waals surface area (Å²) in [4.78, 5) is 28.7. The standard InChI is InChI=1S/C22H25Cl2N3O2/c1-15(2)13-21(28)27-11-9-26(10-12-27)20-8-7-18(14-19(20)24)25-22(29)16-3-5-17(23)6-4-16/h3-8,14-15H,9-13H2,1-2H3,(H,25,29). The van der Waals surface area contributed by atoms with Crippen LogP contribution in [0.25, 0.3) is 0 Å². The van der Waals surface area contributed by atoms with Gasteiger partial charge in [0.1, 0.15) is 0 Å². The molecule has 1 fully saturated rings. The van der Waals surface area contributed by atoms with Crippen LogP contribution in [0.4, 0.5) is 11.4 Å². The third-order valence-corrected chi connectivity index (χ3v) is 5.42. The molecule has 5 nitrogen and oxygen atoms in total. The van der Waals surface area contributed by atoms with E-state index in [1.165, 1.54) is 0 Å². The minimum absolute atomic E-state index is 0.214. The van der Waals surface area contributed by atoms with E-state index in [0.29, 0.717) is 46.7 Å². The van der Waals surface area contributed by atoms with E-state index >= 15 is 0 Å². The van der Waals surface area contributed by atoms with E-state index in [1.54, 1.807) is 30.3 Å². The summed E-state index contributed by atoms with van der Waals surface area (Å²) in [5.74, 6) is 0.361. The second kappa shape index (κ2) is 9.51. The van der Waals surface area contributed by atoms with Crippen molar-refractivity contribution in [3.05, 3.63) is 58.1 Å². The zero-order chi connectivity index (χ0) is 21.0. The second-order valence-corrected chi connectivity index (χ2v) is 8.44. The Kier molecular flexibility index (Phi) is 7.04. The molecule has 0 bridgehead atoms. The first-order valence-corrected chi connectivity index (χ1v) is 10.5. The third kappa shape index (κ3) is 5.64. The van der Waals surface area contributed by atoms with Crippen LogP contribution in [0.3, 0.4) is 0 Å². The molecule has 2 amide bonds. The van der Waals surface area contributed by atoms with E-state index < -0.39 is 0 Å². The number of benzene rings is 2. The van der Waals surface area contributed by atoms with E-state index in [-0.39, 0.29) is 11.8 Å². The van der Waals surface area contributed by atoms with E-state index in [4.69, 9.17) is 23.2 Å². The topological polar surface area (TPSA) is 52.7 Å². The molecule has 0 spiro atoms. The van der Waals surface area contributed by atoms with Crippen molar-refractivity contribution in [1.82, 2.24) is 4.90 Å². The molecule has 7 heteroatoms. The van der Waals surface area contributed by atoms with E-state index in [2.05, 4.69) is 24.1 Å². The Morgan fingerprint density at radius 3 is 2.24 bits per heavy atom. The van der Waals surface area contributed by atoms with Crippen molar-refractivity contribution in [3.63, 3.8) is 0 Å². The van der Waals surface area contributed by atoms with Crippen molar-refractivity contribution in [3.8, 4) is 0 Å². The number of nitrogens with zero attached hydrogens (tertiary/aromatic N) is 2. The van der Waals surface area contributed by atoms with Crippen LogP contribution in [-0.4, -0.2) is 42.9 Å². The highest BCUT2D eigenvalue weighted by atomic mass is 35.5. The maximum Gasteiger partial charge on any atom is 0.255 e. The Balaban J connectivity index is 1.61. The highest BCUT2D eigenvalue weighted by Crippen LogP contribution is 2.30. The van der Waals surface area contributed by atoms with Crippen molar-refractivity contribution in [2.75, 3.05) is 36.4 Å². The number of piperazine rings is 1. The van der Waals surface area contributed by atoms with Gasteiger partial charge < -0.3 is 15.1 Å². The maximum atomic E-state index is 12.4. The van der Waals surface area contributed by atoms with Crippen LogP contribution in [0.5, 0.6) is 0 Å². The molecular weight excluding hydrogens is 409 g/mol. The van der Waals surface area contributed by atoms with Crippen LogP contribution in [0.15, 0.2) is 42.5 Å². The summed E-state index contributed by atoms with van der Waals surface area (Å²) >= 11 is 12.4. The first-order chi connectivity index (χ1) is 13.8. The second-order valence-electron chi connectivity index (χ2n) is 7.59. The lowest BCUT2D eigenvalue weighted by molar-refractivity contribution is -0.132. The number of carbonyl (C=O) groups excluding carboxylic acids is 2. The lowest BCUT2D eigenvalue weighted by atomic mass is 10.1. The maximum absolute atomic E-state index is 12.4. The Morgan fingerprint density at radius 1 is 1.00 bits per heavy atom. The molecule has 1 heterocycles. The molecule has 3 rings (SSSR count). The van der Waals surface area contributed by atoms with E-state index in [0.717, 1.165) is 18.8 Å². The highest BCUT2D eigenvalue weighted by Gasteiger charge is 2.23. The molecule has 2 aromatic rings. The molecule has 0 aliphatic carbocycles. The average Bonchev–Trinajstić information content (AvgIpc) is 2.68. The number of hydrogen-bond acceptors (Lipinski definition) is 3. The fraction of sp³-hybridized carbons (Fsp3) is 0.364. The lowest BCUT2D eigenvalue weighted by Gasteiger charge is -2.36. The van der Waals surface area contributed by atoms with Gasteiger partial charge in [0.15, 0.2) is 0 Å². The summed E-state index contributed by atoms with van der Waals surface area (Å²) in [5, 5.41) is 4.00. The minimum Gasteiger partial charge on any atom is -0.367 e. The number of anilines is 2. The van der Waals surface area contributed by atoms with Crippen molar-refractivity contribution in [1.29, 1.82) is 0 Å². The largest absolute Gasteiger partial charge is 0.367 e. The first kappa shape index (κ1) is 21.5. The van der Waals surface area contributed by atoms with Crippen LogP contribution in [0.2, 0.25) is 10.0 Å². The van der Waals surface area contributed by atoms with Crippen molar-refractivity contribution in [2.45, 2.75) is 20.3 Å². The Bertz CT molecular complexity index is 876. The lowest BCUT2D eigenvalue weighted by Crippen LogP contribution is -2.49. The summed E-state index contributed by atoms with van der Waals surface area (Å²) < 4.78 is 0. The summed E-state index contributed by atoms with van der Waals surface area (Å²) in [6, 6.07) is 12.2. The zero-order valence-corrected chi connectivity index (χ0v) is 18.1. The summed E-state index contributed by atoms with van der Waals surface area (Å²) in [5.41, 5.74) is 2.06. The number of rotatable bonds is 5. The number of halogens is 2. The van der Waals surface area contributed by atoms with Crippen LogP contribution >= 0.6 is 23.2 Å². The van der Waals surface area contributed by atoms with Gasteiger partial charge in [0.2, 0.25) is 5.91 Å². The fourth-order valence-electron chi connectivity index (χ4n) is 3.32. The molecule has 154 valence electrons. The fourth-order valence-corrected chi connectivity index (χ4v) is 3.75. The molecule has 1 aliphatic rings. The van der Waals surface area contributed by atoms with E-state index in [1.807, 2.05) is 17.0 Å². The number of amides is 2. The Hall–Kier alpha value is -2.24. The van der Waals surface area contributed by atoms with Crippen LogP contribution in [0, 0.1) is 5.92 Å². The molecule has 1 saturated heterocycles. The quantitative estimate of drug-likeness (QED) is 0.725. The number of nitrogens with one attached hydrogen (secondary N) is 1. The van der Waals surface area contributed by atoms with Gasteiger partial charge in [-0.1, -0.05) is 37.0 Å². The molecule has 0 saturated carbocycles. The number of carbonyl (C=O) groups is 2. The van der Waals surface area contributed by atoms with Crippen LogP contribution in [-0.2, 0) is 4.79 Å². The SMILES string of the molecule is CC(C)CC(=O)N1CCN(c2ccc(NC(=O)c3ccc(Cl)cc3)cc2Cl)CC1. The molecule has 0 atom stereocenters. The monoisotopic (exact) mass is 433 g/mol. The molecular formula is C22H25Cl2N3O2. The average molecular weight is 434 g/mol. The van der Waals surface area contributed by atoms with Gasteiger partial charge in [-0.3, -0.25) is 9.59 Å². The van der Waals surface area contributed by atoms with Crippen LogP contribution in [0.1, 0.15) is 30.6 Å². The molecule has 29 heavy (non-hydrogen) atoms. The van der Waals surface area contributed by atoms with Gasteiger partial charge in [-0.05, 0) is 48.4 Å². The van der Waals surface area contributed by atoms with Crippen molar-refractivity contribution in [2.24, 2.45) is 5.92 Å². The first-order valence-electron chi connectivity index (χ1n) is 9.72. The van der Waals surface area contributed by atoms with Gasteiger partial charge in [-0.2, -0.15) is 0 Å². The summed E-state index contributed by atoms with van der Waals surface area (Å²) in [6.45, 7) is 6.97. The van der Waals surface area contributed by atoms with Gasteiger partial charge >= 0.3 is 0 Å². The summed E-state index contributed by atoms with van der Waals surface area (Å²) in [6.07, 6.45) is 0.586.